The number of ether oxygens (including phenoxy) is 1. The van der Waals surface area contributed by atoms with Gasteiger partial charge in [0.25, 0.3) is 0 Å². The molecular weight excluding hydrogens is 208 g/mol. The van der Waals surface area contributed by atoms with Gasteiger partial charge in [-0.1, -0.05) is 22.4 Å². The van der Waals surface area contributed by atoms with Crippen molar-refractivity contribution in [2.24, 2.45) is 0 Å². The minimum Gasteiger partial charge on any atom is -0.461 e. The van der Waals surface area contributed by atoms with Crippen molar-refractivity contribution < 1.29 is 9.53 Å². The lowest BCUT2D eigenvalue weighted by Gasteiger charge is -2.30. The van der Waals surface area contributed by atoms with Crippen molar-refractivity contribution in [1.29, 1.82) is 0 Å². The van der Waals surface area contributed by atoms with Crippen LogP contribution < -0.4 is 0 Å². The summed E-state index contributed by atoms with van der Waals surface area (Å²) < 4.78 is 5.18. The van der Waals surface area contributed by atoms with Gasteiger partial charge in [-0.15, -0.1) is 0 Å². The monoisotopic (exact) mass is 218 g/mol. The Hall–Kier alpha value is -0.0500. The highest BCUT2D eigenvalue weighted by molar-refractivity contribution is 9.10. The molecule has 0 amide bonds. The van der Waals surface area contributed by atoms with E-state index in [4.69, 9.17) is 4.74 Å². The van der Waals surface area contributed by atoms with E-state index >= 15 is 0 Å². The third-order valence-electron chi connectivity index (χ3n) is 2.60. The van der Waals surface area contributed by atoms with Gasteiger partial charge in [0.05, 0.1) is 10.7 Å². The topological polar surface area (TPSA) is 26.3 Å². The minimum absolute atomic E-state index is 0.00231. The lowest BCUT2D eigenvalue weighted by atomic mass is 9.86. The van der Waals surface area contributed by atoms with E-state index in [1.54, 1.807) is 0 Å². The molecule has 1 heterocycles. The Balaban J connectivity index is 2.17. The molecule has 2 atom stereocenters. The van der Waals surface area contributed by atoms with Gasteiger partial charge < -0.3 is 4.74 Å². The van der Waals surface area contributed by atoms with E-state index < -0.39 is 0 Å². The number of alkyl halides is 1. The van der Waals surface area contributed by atoms with Crippen LogP contribution in [0.3, 0.4) is 0 Å². The molecule has 2 aliphatic rings. The summed E-state index contributed by atoms with van der Waals surface area (Å²) in [5.74, 6) is -0.0335. The van der Waals surface area contributed by atoms with Gasteiger partial charge in [-0.2, -0.15) is 0 Å². The van der Waals surface area contributed by atoms with Crippen LogP contribution in [0.2, 0.25) is 0 Å². The molecule has 0 spiro atoms. The van der Waals surface area contributed by atoms with Gasteiger partial charge in [-0.05, 0) is 19.3 Å². The predicted octanol–water partition coefficient (Wildman–Crippen LogP) is 2.01. The Morgan fingerprint density at radius 3 is 3.09 bits per heavy atom. The van der Waals surface area contributed by atoms with Crippen LogP contribution in [0.25, 0.3) is 0 Å². The van der Waals surface area contributed by atoms with Crippen molar-refractivity contribution in [2.45, 2.75) is 42.5 Å². The van der Waals surface area contributed by atoms with E-state index in [-0.39, 0.29) is 16.4 Å². The zero-order chi connectivity index (χ0) is 7.90. The molecule has 0 N–H and O–H groups in total. The molecule has 1 saturated heterocycles. The number of carbonyl (C=O) groups is 1. The number of esters is 1. The predicted molar refractivity (Wildman–Crippen MR) is 44.6 cm³/mol. The van der Waals surface area contributed by atoms with Crippen LogP contribution in [-0.4, -0.2) is 16.4 Å². The van der Waals surface area contributed by atoms with Crippen LogP contribution in [0.1, 0.15) is 32.1 Å². The molecule has 2 rings (SSSR count). The van der Waals surface area contributed by atoms with E-state index in [1.165, 1.54) is 12.8 Å². The van der Waals surface area contributed by atoms with Crippen LogP contribution in [0.5, 0.6) is 0 Å². The first-order chi connectivity index (χ1) is 5.21. The maximum absolute atomic E-state index is 11.0. The van der Waals surface area contributed by atoms with Crippen LogP contribution in [0.4, 0.5) is 0 Å². The second-order valence-electron chi connectivity index (χ2n) is 3.44. The fourth-order valence-corrected chi connectivity index (χ4v) is 2.81. The molecule has 3 heteroatoms. The zero-order valence-electron chi connectivity index (χ0n) is 6.31. The number of rotatable bonds is 0. The standard InChI is InChI=1S/C8H11BrO2/c9-8-4-2-1-3-6(8)11-7(10)5-8/h6H,1-5H2/t6-,8+/m0/s1. The number of hydrogen-bond acceptors (Lipinski definition) is 2. The van der Waals surface area contributed by atoms with Gasteiger partial charge in [0.2, 0.25) is 0 Å². The first-order valence-corrected chi connectivity index (χ1v) is 4.88. The summed E-state index contributed by atoms with van der Waals surface area (Å²) in [6, 6.07) is 0. The molecule has 1 saturated carbocycles. The average molecular weight is 219 g/mol. The lowest BCUT2D eigenvalue weighted by molar-refractivity contribution is -0.141. The van der Waals surface area contributed by atoms with Crippen molar-refractivity contribution in [1.82, 2.24) is 0 Å². The van der Waals surface area contributed by atoms with Crippen LogP contribution in [0, 0.1) is 0 Å². The highest BCUT2D eigenvalue weighted by Gasteiger charge is 2.48. The fraction of sp³-hybridized carbons (Fsp3) is 0.875. The normalized spacial score (nSPS) is 43.4. The summed E-state index contributed by atoms with van der Waals surface area (Å²) in [5.41, 5.74) is 0. The van der Waals surface area contributed by atoms with Gasteiger partial charge in [0.15, 0.2) is 0 Å². The van der Waals surface area contributed by atoms with E-state index in [1.807, 2.05) is 0 Å². The summed E-state index contributed by atoms with van der Waals surface area (Å²) in [6.45, 7) is 0. The van der Waals surface area contributed by atoms with Gasteiger partial charge in [-0.3, -0.25) is 4.79 Å². The Kier molecular flexibility index (Phi) is 1.71. The molecular formula is C8H11BrO2. The molecule has 0 aromatic carbocycles. The Morgan fingerprint density at radius 1 is 1.55 bits per heavy atom. The largest absolute Gasteiger partial charge is 0.461 e. The summed E-state index contributed by atoms with van der Waals surface area (Å²) in [4.78, 5) is 11.0. The third kappa shape index (κ3) is 1.19. The number of hydrogen-bond donors (Lipinski definition) is 0. The number of halogens is 1. The minimum atomic E-state index is -0.0335. The summed E-state index contributed by atoms with van der Waals surface area (Å²) in [7, 11) is 0. The summed E-state index contributed by atoms with van der Waals surface area (Å²) >= 11 is 3.62. The molecule has 2 nitrogen and oxygen atoms in total. The molecule has 0 aromatic heterocycles. The van der Waals surface area contributed by atoms with Crippen LogP contribution >= 0.6 is 15.9 Å². The van der Waals surface area contributed by atoms with E-state index in [0.717, 1.165) is 12.8 Å². The maximum atomic E-state index is 11.0. The fourth-order valence-electron chi connectivity index (χ4n) is 1.98. The van der Waals surface area contributed by atoms with E-state index in [9.17, 15) is 4.79 Å². The third-order valence-corrected chi connectivity index (χ3v) is 3.79. The highest BCUT2D eigenvalue weighted by Crippen LogP contribution is 2.44. The highest BCUT2D eigenvalue weighted by atomic mass is 79.9. The average Bonchev–Trinajstić information content (AvgIpc) is 2.22. The van der Waals surface area contributed by atoms with Gasteiger partial charge in [0.1, 0.15) is 6.10 Å². The van der Waals surface area contributed by atoms with Crippen molar-refractivity contribution in [3.63, 3.8) is 0 Å². The SMILES string of the molecule is O=C1C[C@]2(Br)CCCC[C@@H]2O1. The van der Waals surface area contributed by atoms with Gasteiger partial charge in [-0.25, -0.2) is 0 Å². The molecule has 0 aromatic rings. The molecule has 0 bridgehead atoms. The molecule has 1 aliphatic carbocycles. The van der Waals surface area contributed by atoms with Crippen molar-refractivity contribution in [2.75, 3.05) is 0 Å². The molecule has 2 fully saturated rings. The van der Waals surface area contributed by atoms with E-state index in [0.29, 0.717) is 6.42 Å². The van der Waals surface area contributed by atoms with Gasteiger partial charge in [0, 0.05) is 0 Å². The van der Waals surface area contributed by atoms with E-state index in [2.05, 4.69) is 15.9 Å². The Labute approximate surface area is 74.4 Å². The molecule has 0 radical (unpaired) electrons. The zero-order valence-corrected chi connectivity index (χ0v) is 7.89. The number of fused-ring (bicyclic) bond motifs is 1. The smallest absolute Gasteiger partial charge is 0.307 e. The maximum Gasteiger partial charge on any atom is 0.307 e. The molecule has 0 unspecified atom stereocenters. The molecule has 62 valence electrons. The van der Waals surface area contributed by atoms with Crippen LogP contribution in [-0.2, 0) is 9.53 Å². The van der Waals surface area contributed by atoms with Crippen molar-refractivity contribution in [3.05, 3.63) is 0 Å². The number of carbonyl (C=O) groups excluding carboxylic acids is 1. The van der Waals surface area contributed by atoms with Crippen LogP contribution in [0.15, 0.2) is 0 Å². The first-order valence-electron chi connectivity index (χ1n) is 4.09. The lowest BCUT2D eigenvalue weighted by Crippen LogP contribution is -2.34. The Bertz CT molecular complexity index is 193. The van der Waals surface area contributed by atoms with Crippen molar-refractivity contribution >= 4 is 21.9 Å². The first kappa shape index (κ1) is 7.59. The van der Waals surface area contributed by atoms with Gasteiger partial charge >= 0.3 is 5.97 Å². The quantitative estimate of drug-likeness (QED) is 0.460. The molecule has 1 aliphatic heterocycles. The summed E-state index contributed by atoms with van der Waals surface area (Å²) in [5, 5.41) is 0. The summed E-state index contributed by atoms with van der Waals surface area (Å²) in [6.07, 6.45) is 5.27. The second kappa shape index (κ2) is 2.47. The Morgan fingerprint density at radius 2 is 2.36 bits per heavy atom. The second-order valence-corrected chi connectivity index (χ2v) is 5.01. The van der Waals surface area contributed by atoms with Crippen molar-refractivity contribution in [3.8, 4) is 0 Å². The molecule has 11 heavy (non-hydrogen) atoms.